The SMILES string of the molecule is CN(C)C(=O)c1ccc(NC(=O)Nc2ccc(-c3nc(N4CCOCC4)c4ncc(-c5cnn(C)c5)cc4n3)c(F)c2F)cc1. The molecular formula is C31H29F2N9O3. The van der Waals surface area contributed by atoms with Gasteiger partial charge in [0.1, 0.15) is 5.52 Å². The first-order chi connectivity index (χ1) is 21.7. The van der Waals surface area contributed by atoms with Crippen molar-refractivity contribution in [2.45, 2.75) is 0 Å². The third-order valence-corrected chi connectivity index (χ3v) is 7.23. The maximum atomic E-state index is 15.6. The molecule has 5 aromatic rings. The maximum absolute atomic E-state index is 15.6. The number of aryl methyl sites for hydroxylation is 1. The average molecular weight is 614 g/mol. The molecule has 0 radical (unpaired) electrons. The Hall–Kier alpha value is -5.50. The standard InChI is InChI=1S/C31H29F2N9O3/c1-40(2)30(43)18-4-6-21(7-5-18)36-31(44)38-23-9-8-22(25(32)26(23)33)28-37-24-14-19(20-16-35-41(3)17-20)15-34-27(24)29(39-28)42-10-12-45-13-11-42/h4-9,14-17H,10-13H2,1-3H3,(H2,36,38,44). The first kappa shape index (κ1) is 29.6. The van der Waals surface area contributed by atoms with Crippen LogP contribution < -0.4 is 15.5 Å². The molecule has 0 bridgehead atoms. The van der Waals surface area contributed by atoms with E-state index in [0.717, 1.165) is 11.1 Å². The Labute approximate surface area is 256 Å². The lowest BCUT2D eigenvalue weighted by Gasteiger charge is -2.28. The van der Waals surface area contributed by atoms with Crippen molar-refractivity contribution in [1.82, 2.24) is 29.6 Å². The Morgan fingerprint density at radius 2 is 1.69 bits per heavy atom. The number of fused-ring (bicyclic) bond motifs is 1. The zero-order chi connectivity index (χ0) is 31.7. The highest BCUT2D eigenvalue weighted by Gasteiger charge is 2.23. The third kappa shape index (κ3) is 6.13. The van der Waals surface area contributed by atoms with Gasteiger partial charge in [0.2, 0.25) is 0 Å². The summed E-state index contributed by atoms with van der Waals surface area (Å²) in [6.45, 7) is 2.05. The summed E-state index contributed by atoms with van der Waals surface area (Å²) >= 11 is 0. The third-order valence-electron chi connectivity index (χ3n) is 7.23. The Balaban J connectivity index is 1.30. The normalized spacial score (nSPS) is 13.1. The predicted molar refractivity (Wildman–Crippen MR) is 165 cm³/mol. The van der Waals surface area contributed by atoms with E-state index in [4.69, 9.17) is 4.74 Å². The number of aromatic nitrogens is 5. The minimum absolute atomic E-state index is 0.0334. The summed E-state index contributed by atoms with van der Waals surface area (Å²) in [5, 5.41) is 9.09. The zero-order valence-corrected chi connectivity index (χ0v) is 24.7. The molecule has 2 N–H and O–H groups in total. The summed E-state index contributed by atoms with van der Waals surface area (Å²) in [4.78, 5) is 41.9. The molecule has 6 rings (SSSR count). The molecule has 45 heavy (non-hydrogen) atoms. The van der Waals surface area contributed by atoms with Crippen LogP contribution in [0.2, 0.25) is 0 Å². The van der Waals surface area contributed by atoms with E-state index in [0.29, 0.717) is 54.4 Å². The molecule has 0 spiro atoms. The van der Waals surface area contributed by atoms with Crippen LogP contribution in [0.25, 0.3) is 33.5 Å². The van der Waals surface area contributed by atoms with Crippen LogP contribution in [0, 0.1) is 11.6 Å². The highest BCUT2D eigenvalue weighted by Crippen LogP contribution is 2.32. The van der Waals surface area contributed by atoms with Crippen LogP contribution in [0.1, 0.15) is 10.4 Å². The van der Waals surface area contributed by atoms with Gasteiger partial charge in [-0.2, -0.15) is 5.10 Å². The van der Waals surface area contributed by atoms with Crippen molar-refractivity contribution in [2.24, 2.45) is 7.05 Å². The number of pyridine rings is 1. The summed E-state index contributed by atoms with van der Waals surface area (Å²) < 4.78 is 38.1. The molecule has 14 heteroatoms. The molecule has 0 saturated carbocycles. The van der Waals surface area contributed by atoms with Gasteiger partial charge < -0.3 is 25.2 Å². The fourth-order valence-corrected chi connectivity index (χ4v) is 4.90. The van der Waals surface area contributed by atoms with Crippen LogP contribution in [-0.4, -0.2) is 82.0 Å². The van der Waals surface area contributed by atoms with Crippen LogP contribution in [-0.2, 0) is 11.8 Å². The second-order valence-corrected chi connectivity index (χ2v) is 10.6. The lowest BCUT2D eigenvalue weighted by molar-refractivity contribution is 0.0827. The Morgan fingerprint density at radius 3 is 2.38 bits per heavy atom. The van der Waals surface area contributed by atoms with Gasteiger partial charge in [0.15, 0.2) is 23.3 Å². The Kier molecular flexibility index (Phi) is 8.04. The summed E-state index contributed by atoms with van der Waals surface area (Å²) in [5.41, 5.74) is 2.79. The lowest BCUT2D eigenvalue weighted by atomic mass is 10.1. The molecule has 1 saturated heterocycles. The number of ether oxygens (including phenoxy) is 1. The lowest BCUT2D eigenvalue weighted by Crippen LogP contribution is -2.37. The van der Waals surface area contributed by atoms with Gasteiger partial charge in [-0.05, 0) is 42.5 Å². The van der Waals surface area contributed by atoms with E-state index in [1.807, 2.05) is 17.2 Å². The van der Waals surface area contributed by atoms with Crippen molar-refractivity contribution < 1.29 is 23.1 Å². The van der Waals surface area contributed by atoms with Crippen molar-refractivity contribution in [3.8, 4) is 22.5 Å². The van der Waals surface area contributed by atoms with Crippen molar-refractivity contribution in [1.29, 1.82) is 0 Å². The number of hydrogen-bond acceptors (Lipinski definition) is 8. The molecule has 12 nitrogen and oxygen atoms in total. The molecule has 0 unspecified atom stereocenters. The van der Waals surface area contributed by atoms with E-state index in [1.165, 1.54) is 29.2 Å². The molecule has 3 amide bonds. The Bertz CT molecular complexity index is 1910. The zero-order valence-electron chi connectivity index (χ0n) is 24.7. The number of hydrogen-bond donors (Lipinski definition) is 2. The largest absolute Gasteiger partial charge is 0.378 e. The van der Waals surface area contributed by atoms with Gasteiger partial charge in [-0.3, -0.25) is 14.5 Å². The molecule has 0 atom stereocenters. The van der Waals surface area contributed by atoms with Gasteiger partial charge in [-0.15, -0.1) is 0 Å². The number of halogens is 2. The van der Waals surface area contributed by atoms with Gasteiger partial charge in [0.25, 0.3) is 5.91 Å². The summed E-state index contributed by atoms with van der Waals surface area (Å²) in [6.07, 6.45) is 5.24. The second-order valence-electron chi connectivity index (χ2n) is 10.6. The average Bonchev–Trinajstić information content (AvgIpc) is 3.49. The number of nitrogens with one attached hydrogen (secondary N) is 2. The summed E-state index contributed by atoms with van der Waals surface area (Å²) in [5.74, 6) is -2.23. The van der Waals surface area contributed by atoms with E-state index in [-0.39, 0.29) is 23.0 Å². The van der Waals surface area contributed by atoms with Crippen LogP contribution in [0.4, 0.5) is 30.8 Å². The topological polar surface area (TPSA) is 130 Å². The van der Waals surface area contributed by atoms with Gasteiger partial charge >= 0.3 is 6.03 Å². The quantitative estimate of drug-likeness (QED) is 0.285. The van der Waals surface area contributed by atoms with Crippen LogP contribution in [0.5, 0.6) is 0 Å². The molecule has 1 fully saturated rings. The van der Waals surface area contributed by atoms with Crippen molar-refractivity contribution in [2.75, 3.05) is 55.9 Å². The number of carbonyl (C=O) groups is 2. The molecule has 2 aromatic carbocycles. The van der Waals surface area contributed by atoms with Gasteiger partial charge in [-0.1, -0.05) is 0 Å². The van der Waals surface area contributed by atoms with Gasteiger partial charge in [0.05, 0.1) is 36.2 Å². The van der Waals surface area contributed by atoms with E-state index in [9.17, 15) is 9.59 Å². The number of urea groups is 1. The molecule has 1 aliphatic heterocycles. The van der Waals surface area contributed by atoms with E-state index in [1.54, 1.807) is 50.4 Å². The summed E-state index contributed by atoms with van der Waals surface area (Å²) in [6, 6.07) is 9.76. The van der Waals surface area contributed by atoms with Crippen molar-refractivity contribution in [3.05, 3.63) is 78.3 Å². The van der Waals surface area contributed by atoms with Gasteiger partial charge in [-0.25, -0.2) is 23.5 Å². The molecule has 230 valence electrons. The van der Waals surface area contributed by atoms with Crippen LogP contribution in [0.3, 0.4) is 0 Å². The highest BCUT2D eigenvalue weighted by atomic mass is 19.2. The first-order valence-corrected chi connectivity index (χ1v) is 14.1. The van der Waals surface area contributed by atoms with E-state index in [2.05, 4.69) is 30.7 Å². The number of carbonyl (C=O) groups excluding carboxylic acids is 2. The minimum atomic E-state index is -1.27. The van der Waals surface area contributed by atoms with Gasteiger partial charge in [0, 0.05) is 69.0 Å². The molecule has 3 aromatic heterocycles. The van der Waals surface area contributed by atoms with E-state index < -0.39 is 17.7 Å². The van der Waals surface area contributed by atoms with Crippen molar-refractivity contribution >= 4 is 40.2 Å². The predicted octanol–water partition coefficient (Wildman–Crippen LogP) is 4.55. The number of anilines is 3. The molecule has 4 heterocycles. The monoisotopic (exact) mass is 613 g/mol. The number of amides is 3. The summed E-state index contributed by atoms with van der Waals surface area (Å²) in [7, 11) is 5.07. The highest BCUT2D eigenvalue weighted by molar-refractivity contribution is 6.01. The number of nitrogens with zero attached hydrogens (tertiary/aromatic N) is 7. The van der Waals surface area contributed by atoms with Crippen molar-refractivity contribution in [3.63, 3.8) is 0 Å². The first-order valence-electron chi connectivity index (χ1n) is 14.1. The second kappa shape index (κ2) is 12.2. The number of rotatable bonds is 6. The fraction of sp³-hybridized carbons (Fsp3) is 0.226. The number of benzene rings is 2. The van der Waals surface area contributed by atoms with Crippen LogP contribution in [0.15, 0.2) is 61.1 Å². The fourth-order valence-electron chi connectivity index (χ4n) is 4.90. The molecule has 1 aliphatic rings. The smallest absolute Gasteiger partial charge is 0.323 e. The molecular weight excluding hydrogens is 584 g/mol. The Morgan fingerprint density at radius 1 is 0.933 bits per heavy atom. The molecule has 0 aliphatic carbocycles. The maximum Gasteiger partial charge on any atom is 0.323 e. The van der Waals surface area contributed by atoms with E-state index >= 15 is 8.78 Å². The number of morpholine rings is 1. The minimum Gasteiger partial charge on any atom is -0.378 e. The van der Waals surface area contributed by atoms with Crippen LogP contribution >= 0.6 is 0 Å².